The molecule has 1 fully saturated rings. The van der Waals surface area contributed by atoms with E-state index in [0.29, 0.717) is 5.41 Å². The Bertz CT molecular complexity index is 2710. The van der Waals surface area contributed by atoms with E-state index in [2.05, 4.69) is 104 Å². The molecular formula is C69H103N5O7. The molecule has 5 aromatic rings. The lowest BCUT2D eigenvalue weighted by Crippen LogP contribution is -2.47. The van der Waals surface area contributed by atoms with Crippen molar-refractivity contribution in [2.75, 3.05) is 26.2 Å². The Labute approximate surface area is 487 Å². The van der Waals surface area contributed by atoms with E-state index < -0.39 is 5.60 Å². The van der Waals surface area contributed by atoms with Crippen LogP contribution in [-0.2, 0) is 40.7 Å². The van der Waals surface area contributed by atoms with Gasteiger partial charge < -0.3 is 35.7 Å². The highest BCUT2D eigenvalue weighted by Crippen LogP contribution is 2.44. The Morgan fingerprint density at radius 2 is 1.19 bits per heavy atom. The number of nitrogens with one attached hydrogen (secondary N) is 4. The van der Waals surface area contributed by atoms with Gasteiger partial charge >= 0.3 is 6.15 Å². The zero-order chi connectivity index (χ0) is 60.7. The molecule has 5 N–H and O–H groups in total. The Morgan fingerprint density at radius 1 is 0.691 bits per heavy atom. The number of carbonyl (C=O) groups is 3. The molecule has 1 aliphatic carbocycles. The minimum absolute atomic E-state index is 0.00287. The molecule has 2 unspecified atom stereocenters. The first-order valence-corrected chi connectivity index (χ1v) is 30.0. The summed E-state index contributed by atoms with van der Waals surface area (Å²) in [5.41, 5.74) is 13.2. The molecule has 81 heavy (non-hydrogen) atoms. The van der Waals surface area contributed by atoms with Gasteiger partial charge in [-0.2, -0.15) is 9.59 Å². The first kappa shape index (κ1) is 69.2. The van der Waals surface area contributed by atoms with Crippen LogP contribution in [0.2, 0.25) is 0 Å². The smallest absolute Gasteiger partial charge is 0.373 e. The SMILES string of the molecule is CC(C)(C)O.CC(C)NC(=O)c1ccc2c(c1)CCCC2.CC(C)NC(=O)c1ccc2c(c1)CCCO2.CCC.CCC1(C)C[C@H]2CN(CCc3c([nH]c4ccccc34)C(C)(C)C2)C1.Cc1ccc(C(=O)NC(C)C)cc1C.O=C=O. The van der Waals surface area contributed by atoms with Crippen molar-refractivity contribution in [3.05, 3.63) is 135 Å². The summed E-state index contributed by atoms with van der Waals surface area (Å²) in [4.78, 5) is 58.0. The fourth-order valence-electron chi connectivity index (χ4n) is 10.8. The topological polar surface area (TPSA) is 170 Å². The lowest BCUT2D eigenvalue weighted by Gasteiger charge is -2.45. The number of aliphatic hydroxyl groups is 1. The van der Waals surface area contributed by atoms with Crippen LogP contribution in [0.15, 0.2) is 78.9 Å². The zero-order valence-corrected chi connectivity index (χ0v) is 52.8. The van der Waals surface area contributed by atoms with Gasteiger partial charge in [0.1, 0.15) is 5.75 Å². The van der Waals surface area contributed by atoms with Crippen LogP contribution in [0.5, 0.6) is 5.75 Å². The van der Waals surface area contributed by atoms with Crippen molar-refractivity contribution in [1.29, 1.82) is 0 Å². The molecule has 3 amide bonds. The number of piperidine rings is 1. The largest absolute Gasteiger partial charge is 0.493 e. The fourth-order valence-corrected chi connectivity index (χ4v) is 10.8. The third kappa shape index (κ3) is 23.7. The van der Waals surface area contributed by atoms with Gasteiger partial charge in [0.15, 0.2) is 0 Å². The lowest BCUT2D eigenvalue weighted by molar-refractivity contribution is -0.191. The maximum atomic E-state index is 11.8. The van der Waals surface area contributed by atoms with Crippen LogP contribution in [-0.4, -0.2) is 88.8 Å². The number of H-pyrrole nitrogens is 1. The second kappa shape index (κ2) is 33.1. The zero-order valence-electron chi connectivity index (χ0n) is 52.8. The third-order valence-corrected chi connectivity index (χ3v) is 14.5. The van der Waals surface area contributed by atoms with E-state index in [4.69, 9.17) is 19.4 Å². The predicted octanol–water partition coefficient (Wildman–Crippen LogP) is 14.0. The van der Waals surface area contributed by atoms with Gasteiger partial charge in [-0.05, 0) is 234 Å². The summed E-state index contributed by atoms with van der Waals surface area (Å²) in [6, 6.07) is 27.0. The van der Waals surface area contributed by atoms with E-state index in [1.807, 2.05) is 97.9 Å². The van der Waals surface area contributed by atoms with Crippen molar-refractivity contribution in [2.45, 2.75) is 217 Å². The molecule has 4 aliphatic rings. The van der Waals surface area contributed by atoms with Gasteiger partial charge in [0.2, 0.25) is 0 Å². The summed E-state index contributed by atoms with van der Waals surface area (Å²) in [7, 11) is 0. The summed E-state index contributed by atoms with van der Waals surface area (Å²) < 4.78 is 5.51. The highest BCUT2D eigenvalue weighted by atomic mass is 16.5. The van der Waals surface area contributed by atoms with Gasteiger partial charge in [-0.25, -0.2) is 0 Å². The van der Waals surface area contributed by atoms with E-state index >= 15 is 0 Å². The number of ether oxygens (including phenoxy) is 1. The number of benzene rings is 4. The lowest BCUT2D eigenvalue weighted by atomic mass is 9.70. The number of nitrogens with zero attached hydrogens (tertiary/aromatic N) is 1. The minimum Gasteiger partial charge on any atom is -0.493 e. The molecule has 9 rings (SSSR count). The number of carbonyl (C=O) groups excluding carboxylic acids is 5. The number of aryl methyl sites for hydroxylation is 5. The van der Waals surface area contributed by atoms with Gasteiger partial charge in [0, 0.05) is 76.5 Å². The minimum atomic E-state index is -0.500. The molecule has 0 spiro atoms. The Morgan fingerprint density at radius 3 is 1.73 bits per heavy atom. The second-order valence-electron chi connectivity index (χ2n) is 25.4. The van der Waals surface area contributed by atoms with E-state index in [1.54, 1.807) is 26.3 Å². The summed E-state index contributed by atoms with van der Waals surface area (Å²) in [6.07, 6.45) is 13.5. The molecule has 0 saturated carbocycles. The van der Waals surface area contributed by atoms with E-state index in [0.717, 1.165) is 65.4 Å². The third-order valence-electron chi connectivity index (χ3n) is 14.5. The average molecular weight is 1110 g/mol. The standard InChI is InChI=1S/C22H32N2.C14H19NO.C13H17NO2.C12H17NO.C4H10O.C3H8.CO2/c1-5-22(4)13-16-12-21(2,3)20-18(10-11-24(14-16)15-22)17-8-6-7-9-19(17)23-20;1-10(2)15-14(16)13-8-7-11-5-3-4-6-12(11)9-13;1-9(2)14-13(15)11-5-6-12-10(8-11)4-3-7-16-12;1-8(2)13-12(14)11-6-5-9(3)10(4)7-11;1-4(2,3)5;1-3-2;2-1-3/h6-9,16,23H,5,10-15H2,1-4H3;7-10H,3-6H2,1-2H3,(H,15,16);5-6,8-9H,3-4,7H2,1-2H3,(H,14,15);5-8H,1-4H3,(H,13,14);5H,1-3H3;3H2,1-2H3;/t16-,22?;;;;;;/m0....../s1. The maximum Gasteiger partial charge on any atom is 0.373 e. The van der Waals surface area contributed by atoms with Gasteiger partial charge in [-0.3, -0.25) is 14.4 Å². The molecule has 12 heteroatoms. The van der Waals surface area contributed by atoms with Gasteiger partial charge in [0.25, 0.3) is 17.7 Å². The van der Waals surface area contributed by atoms with Gasteiger partial charge in [0.05, 0.1) is 12.2 Å². The Kier molecular flexibility index (Phi) is 28.3. The highest BCUT2D eigenvalue weighted by Gasteiger charge is 2.40. The molecule has 446 valence electrons. The summed E-state index contributed by atoms with van der Waals surface area (Å²) >= 11 is 0. The van der Waals surface area contributed by atoms with Crippen LogP contribution in [0.3, 0.4) is 0 Å². The Balaban J connectivity index is 0.000000272. The molecule has 1 saturated heterocycles. The number of hydrogen-bond donors (Lipinski definition) is 5. The first-order valence-electron chi connectivity index (χ1n) is 30.0. The average Bonchev–Trinajstić information content (AvgIpc) is 4.07. The summed E-state index contributed by atoms with van der Waals surface area (Å²) in [5.74, 6) is 1.78. The highest BCUT2D eigenvalue weighted by molar-refractivity contribution is 5.96. The Hall–Kier alpha value is -6.07. The predicted molar refractivity (Wildman–Crippen MR) is 333 cm³/mol. The van der Waals surface area contributed by atoms with Gasteiger partial charge in [-0.1, -0.05) is 78.3 Å². The van der Waals surface area contributed by atoms with Crippen LogP contribution in [0.25, 0.3) is 10.9 Å². The number of amides is 3. The number of fused-ring (bicyclic) bond motifs is 7. The molecule has 12 nitrogen and oxygen atoms in total. The molecule has 3 atom stereocenters. The number of aromatic amines is 1. The van der Waals surface area contributed by atoms with Crippen LogP contribution < -0.4 is 20.7 Å². The van der Waals surface area contributed by atoms with E-state index in [-0.39, 0.29) is 47.4 Å². The van der Waals surface area contributed by atoms with Crippen molar-refractivity contribution in [3.8, 4) is 5.75 Å². The second-order valence-corrected chi connectivity index (χ2v) is 25.4. The van der Waals surface area contributed by atoms with E-state index in [1.165, 1.54) is 104 Å². The number of para-hydroxylation sites is 1. The van der Waals surface area contributed by atoms with Crippen LogP contribution in [0.4, 0.5) is 0 Å². The summed E-state index contributed by atoms with van der Waals surface area (Å²) in [6.45, 7) is 39.7. The maximum absolute atomic E-state index is 11.8. The van der Waals surface area contributed by atoms with Crippen molar-refractivity contribution in [1.82, 2.24) is 25.8 Å². The molecular weight excluding hydrogens is 1010 g/mol. The molecule has 1 aromatic heterocycles. The summed E-state index contributed by atoms with van der Waals surface area (Å²) in [5, 5.41) is 18.6. The number of hydrogen-bond acceptors (Lipinski definition) is 8. The van der Waals surface area contributed by atoms with Crippen LogP contribution in [0.1, 0.15) is 219 Å². The van der Waals surface area contributed by atoms with E-state index in [9.17, 15) is 14.4 Å². The number of aromatic nitrogens is 1. The van der Waals surface area contributed by atoms with Crippen LogP contribution >= 0.6 is 0 Å². The first-order chi connectivity index (χ1) is 38.1. The molecule has 0 radical (unpaired) electrons. The van der Waals surface area contributed by atoms with Crippen molar-refractivity contribution >= 4 is 34.8 Å². The van der Waals surface area contributed by atoms with Crippen molar-refractivity contribution in [3.63, 3.8) is 0 Å². The molecule has 4 aromatic carbocycles. The molecule has 4 heterocycles. The fraction of sp³-hybridized carbons (Fsp3) is 0.565. The normalized spacial score (nSPS) is 18.2. The molecule has 2 bridgehead atoms. The number of rotatable bonds is 7. The monoisotopic (exact) mass is 1110 g/mol. The molecule has 3 aliphatic heterocycles. The van der Waals surface area contributed by atoms with Crippen molar-refractivity contribution < 1.29 is 33.8 Å². The van der Waals surface area contributed by atoms with Crippen LogP contribution in [0, 0.1) is 25.2 Å². The van der Waals surface area contributed by atoms with Crippen molar-refractivity contribution in [2.24, 2.45) is 11.3 Å². The van der Waals surface area contributed by atoms with Gasteiger partial charge in [-0.15, -0.1) is 0 Å². The quantitative estimate of drug-likeness (QED) is 0.107.